The van der Waals surface area contributed by atoms with Gasteiger partial charge in [0.15, 0.2) is 5.78 Å². The molecule has 0 amide bonds. The average molecular weight is 319 g/mol. The van der Waals surface area contributed by atoms with Crippen molar-refractivity contribution in [3.8, 4) is 5.75 Å². The SMILES string of the molecule is O=C1/C(=C\c2ccc3ncccc3c2)CCOc2ccc(F)cc21. The van der Waals surface area contributed by atoms with E-state index in [0.29, 0.717) is 24.4 Å². The molecule has 4 rings (SSSR count). The minimum atomic E-state index is -0.441. The third-order valence-corrected chi connectivity index (χ3v) is 4.07. The molecule has 4 heteroatoms. The molecular formula is C20H14FNO2. The maximum atomic E-state index is 13.5. The van der Waals surface area contributed by atoms with Crippen molar-refractivity contribution in [2.45, 2.75) is 6.42 Å². The van der Waals surface area contributed by atoms with Crippen LogP contribution in [0, 0.1) is 5.82 Å². The summed E-state index contributed by atoms with van der Waals surface area (Å²) in [5.41, 5.74) is 2.71. The van der Waals surface area contributed by atoms with Crippen LogP contribution in [0.5, 0.6) is 5.75 Å². The maximum Gasteiger partial charge on any atom is 0.192 e. The Bertz CT molecular complexity index is 978. The minimum absolute atomic E-state index is 0.187. The van der Waals surface area contributed by atoms with Crippen molar-refractivity contribution in [2.24, 2.45) is 0 Å². The molecule has 3 aromatic rings. The predicted octanol–water partition coefficient (Wildman–Crippen LogP) is 4.42. The van der Waals surface area contributed by atoms with Crippen LogP contribution in [0.3, 0.4) is 0 Å². The van der Waals surface area contributed by atoms with Gasteiger partial charge < -0.3 is 4.74 Å². The minimum Gasteiger partial charge on any atom is -0.492 e. The first kappa shape index (κ1) is 14.6. The summed E-state index contributed by atoms with van der Waals surface area (Å²) in [6.45, 7) is 0.394. The Balaban J connectivity index is 1.76. The van der Waals surface area contributed by atoms with Crippen molar-refractivity contribution in [1.29, 1.82) is 0 Å². The molecule has 1 aliphatic heterocycles. The topological polar surface area (TPSA) is 39.2 Å². The number of hydrogen-bond acceptors (Lipinski definition) is 3. The molecule has 0 aliphatic carbocycles. The standard InChI is InChI=1S/C20H14FNO2/c21-16-4-6-19-17(12-16)20(23)15(7-9-24-19)11-13-3-5-18-14(10-13)2-1-8-22-18/h1-6,8,10-12H,7,9H2/b15-11-. The molecule has 0 radical (unpaired) electrons. The van der Waals surface area contributed by atoms with Gasteiger partial charge in [-0.25, -0.2) is 4.39 Å². The molecule has 0 unspecified atom stereocenters. The fraction of sp³-hybridized carbons (Fsp3) is 0.100. The number of Topliss-reactive ketones (excluding diaryl/α,β-unsaturated/α-hetero) is 1. The first-order chi connectivity index (χ1) is 11.7. The van der Waals surface area contributed by atoms with Crippen molar-refractivity contribution in [2.75, 3.05) is 6.61 Å². The van der Waals surface area contributed by atoms with Crippen molar-refractivity contribution >= 4 is 22.8 Å². The summed E-state index contributed by atoms with van der Waals surface area (Å²) >= 11 is 0. The largest absolute Gasteiger partial charge is 0.492 e. The first-order valence-electron chi connectivity index (χ1n) is 7.73. The molecule has 1 aromatic heterocycles. The number of aromatic nitrogens is 1. The van der Waals surface area contributed by atoms with Gasteiger partial charge in [-0.3, -0.25) is 9.78 Å². The van der Waals surface area contributed by atoms with Crippen molar-refractivity contribution in [3.05, 3.63) is 77.2 Å². The molecule has 118 valence electrons. The van der Waals surface area contributed by atoms with Crippen molar-refractivity contribution in [1.82, 2.24) is 4.98 Å². The van der Waals surface area contributed by atoms with E-state index in [1.165, 1.54) is 18.2 Å². The van der Waals surface area contributed by atoms with Crippen LogP contribution in [0.2, 0.25) is 0 Å². The second-order valence-corrected chi connectivity index (χ2v) is 5.69. The van der Waals surface area contributed by atoms with Crippen LogP contribution in [0.15, 0.2) is 60.3 Å². The third-order valence-electron chi connectivity index (χ3n) is 4.07. The van der Waals surface area contributed by atoms with E-state index in [-0.39, 0.29) is 11.3 Å². The highest BCUT2D eigenvalue weighted by atomic mass is 19.1. The fourth-order valence-corrected chi connectivity index (χ4v) is 2.89. The van der Waals surface area contributed by atoms with Gasteiger partial charge in [0.2, 0.25) is 0 Å². The molecular weight excluding hydrogens is 305 g/mol. The van der Waals surface area contributed by atoms with Gasteiger partial charge in [0, 0.05) is 23.6 Å². The molecule has 0 saturated heterocycles. The number of fused-ring (bicyclic) bond motifs is 2. The number of halogens is 1. The van der Waals surface area contributed by atoms with Crippen LogP contribution in [-0.2, 0) is 0 Å². The number of hydrogen-bond donors (Lipinski definition) is 0. The van der Waals surface area contributed by atoms with E-state index in [1.807, 2.05) is 36.4 Å². The number of rotatable bonds is 1. The molecule has 1 aliphatic rings. The summed E-state index contributed by atoms with van der Waals surface area (Å²) in [5, 5.41) is 1.01. The lowest BCUT2D eigenvalue weighted by atomic mass is 9.98. The van der Waals surface area contributed by atoms with E-state index in [4.69, 9.17) is 4.74 Å². The lowest BCUT2D eigenvalue weighted by molar-refractivity contribution is 0.103. The Labute approximate surface area is 138 Å². The second kappa shape index (κ2) is 5.89. The summed E-state index contributed by atoms with van der Waals surface area (Å²) in [4.78, 5) is 17.0. The molecule has 24 heavy (non-hydrogen) atoms. The second-order valence-electron chi connectivity index (χ2n) is 5.69. The summed E-state index contributed by atoms with van der Waals surface area (Å²) in [7, 11) is 0. The highest BCUT2D eigenvalue weighted by Crippen LogP contribution is 2.28. The van der Waals surface area contributed by atoms with Crippen LogP contribution in [0.4, 0.5) is 4.39 Å². The maximum absolute atomic E-state index is 13.5. The third kappa shape index (κ3) is 2.67. The van der Waals surface area contributed by atoms with E-state index < -0.39 is 5.82 Å². The van der Waals surface area contributed by atoms with Gasteiger partial charge in [-0.05, 0) is 48.0 Å². The number of ketones is 1. The predicted molar refractivity (Wildman–Crippen MR) is 90.6 cm³/mol. The molecule has 0 bridgehead atoms. The number of pyridine rings is 1. The van der Waals surface area contributed by atoms with Crippen molar-refractivity contribution < 1.29 is 13.9 Å². The van der Waals surface area contributed by atoms with Gasteiger partial charge in [0.25, 0.3) is 0 Å². The van der Waals surface area contributed by atoms with E-state index in [2.05, 4.69) is 4.98 Å². The molecule has 3 nitrogen and oxygen atoms in total. The van der Waals surface area contributed by atoms with E-state index in [9.17, 15) is 9.18 Å². The van der Waals surface area contributed by atoms with Crippen LogP contribution < -0.4 is 4.74 Å². The molecule has 2 aromatic carbocycles. The molecule has 0 spiro atoms. The normalized spacial score (nSPS) is 15.9. The van der Waals surface area contributed by atoms with Gasteiger partial charge in [-0.1, -0.05) is 12.1 Å². The Morgan fingerprint density at radius 2 is 2.04 bits per heavy atom. The zero-order chi connectivity index (χ0) is 16.5. The van der Waals surface area contributed by atoms with E-state index >= 15 is 0 Å². The average Bonchev–Trinajstić information content (AvgIpc) is 2.75. The zero-order valence-corrected chi connectivity index (χ0v) is 12.8. The lowest BCUT2D eigenvalue weighted by Gasteiger charge is -2.05. The molecule has 0 atom stereocenters. The molecule has 0 fully saturated rings. The van der Waals surface area contributed by atoms with Crippen LogP contribution in [-0.4, -0.2) is 17.4 Å². The fourth-order valence-electron chi connectivity index (χ4n) is 2.89. The Hall–Kier alpha value is -3.01. The van der Waals surface area contributed by atoms with Gasteiger partial charge in [-0.2, -0.15) is 0 Å². The van der Waals surface area contributed by atoms with Gasteiger partial charge in [0.05, 0.1) is 17.7 Å². The monoisotopic (exact) mass is 319 g/mol. The number of carbonyl (C=O) groups excluding carboxylic acids is 1. The Morgan fingerprint density at radius 1 is 1.12 bits per heavy atom. The first-order valence-corrected chi connectivity index (χ1v) is 7.73. The summed E-state index contributed by atoms with van der Waals surface area (Å²) < 4.78 is 19.1. The van der Waals surface area contributed by atoms with Crippen LogP contribution in [0.25, 0.3) is 17.0 Å². The summed E-state index contributed by atoms with van der Waals surface area (Å²) in [6, 6.07) is 13.7. The Morgan fingerprint density at radius 3 is 2.96 bits per heavy atom. The number of carbonyl (C=O) groups is 1. The van der Waals surface area contributed by atoms with Gasteiger partial charge in [-0.15, -0.1) is 0 Å². The highest BCUT2D eigenvalue weighted by Gasteiger charge is 2.21. The number of nitrogens with zero attached hydrogens (tertiary/aromatic N) is 1. The van der Waals surface area contributed by atoms with Gasteiger partial charge >= 0.3 is 0 Å². The quantitative estimate of drug-likeness (QED) is 0.623. The number of benzene rings is 2. The van der Waals surface area contributed by atoms with Crippen molar-refractivity contribution in [3.63, 3.8) is 0 Å². The summed E-state index contributed by atoms with van der Waals surface area (Å²) in [6.07, 6.45) is 4.08. The molecule has 0 saturated carbocycles. The molecule has 0 N–H and O–H groups in total. The smallest absolute Gasteiger partial charge is 0.192 e. The van der Waals surface area contributed by atoms with E-state index in [0.717, 1.165) is 16.5 Å². The van der Waals surface area contributed by atoms with E-state index in [1.54, 1.807) is 6.20 Å². The van der Waals surface area contributed by atoms with Crippen LogP contribution in [0.1, 0.15) is 22.3 Å². The summed E-state index contributed by atoms with van der Waals surface area (Å²) in [5.74, 6) is -0.190. The Kier molecular flexibility index (Phi) is 3.58. The number of ether oxygens (including phenoxy) is 1. The zero-order valence-electron chi connectivity index (χ0n) is 12.8. The molecule has 2 heterocycles. The lowest BCUT2D eigenvalue weighted by Crippen LogP contribution is -2.02. The highest BCUT2D eigenvalue weighted by molar-refractivity contribution is 6.13. The van der Waals surface area contributed by atoms with Gasteiger partial charge in [0.1, 0.15) is 11.6 Å². The van der Waals surface area contributed by atoms with Crippen LogP contribution >= 0.6 is 0 Å².